The van der Waals surface area contributed by atoms with Gasteiger partial charge in [-0.2, -0.15) is 0 Å². The van der Waals surface area contributed by atoms with Gasteiger partial charge >= 0.3 is 0 Å². The Labute approximate surface area is 129 Å². The average Bonchev–Trinajstić information content (AvgIpc) is 3.13. The minimum atomic E-state index is 0.0219. The van der Waals surface area contributed by atoms with Crippen LogP contribution in [0.1, 0.15) is 9.67 Å². The van der Waals surface area contributed by atoms with Crippen molar-refractivity contribution in [2.24, 2.45) is 0 Å². The van der Waals surface area contributed by atoms with Crippen LogP contribution in [-0.4, -0.2) is 15.1 Å². The Morgan fingerprint density at radius 1 is 1.10 bits per heavy atom. The van der Waals surface area contributed by atoms with Gasteiger partial charge in [-0.25, -0.2) is 4.98 Å². The second-order valence-corrected chi connectivity index (χ2v) is 6.53. The molecule has 0 aliphatic heterocycles. The maximum absolute atomic E-state index is 12.1. The molecule has 0 atom stereocenters. The monoisotopic (exact) mass is 310 g/mol. The van der Waals surface area contributed by atoms with Gasteiger partial charge in [0.25, 0.3) is 0 Å². The standard InChI is InChI=1S/C16H10N2OS2/c19-15(14-6-3-7-20-14)21-16-17-12-8-10-4-1-2-5-11(10)9-13(12)18-16/h1-9H,(H,17,18). The Morgan fingerprint density at radius 3 is 2.67 bits per heavy atom. The van der Waals surface area contributed by atoms with Gasteiger partial charge in [0.05, 0.1) is 15.9 Å². The number of rotatable bonds is 2. The SMILES string of the molecule is O=C(Sc1nc2cc3ccccc3cc2[nH]1)c1cccs1. The van der Waals surface area contributed by atoms with Gasteiger partial charge in [0.1, 0.15) is 0 Å². The van der Waals surface area contributed by atoms with Crippen molar-refractivity contribution in [2.45, 2.75) is 5.16 Å². The largest absolute Gasteiger partial charge is 0.333 e. The molecule has 2 aromatic heterocycles. The molecule has 2 aromatic carbocycles. The van der Waals surface area contributed by atoms with E-state index in [4.69, 9.17) is 0 Å². The number of carbonyl (C=O) groups is 1. The smallest absolute Gasteiger partial charge is 0.236 e. The molecule has 21 heavy (non-hydrogen) atoms. The minimum Gasteiger partial charge on any atom is -0.333 e. The first-order valence-corrected chi connectivity index (χ1v) is 8.13. The summed E-state index contributed by atoms with van der Waals surface area (Å²) in [4.78, 5) is 20.6. The lowest BCUT2D eigenvalue weighted by molar-refractivity contribution is 0.109. The predicted octanol–water partition coefficient (Wildman–Crippen LogP) is 4.71. The summed E-state index contributed by atoms with van der Waals surface area (Å²) in [5, 5.41) is 4.87. The molecule has 102 valence electrons. The predicted molar refractivity (Wildman–Crippen MR) is 88.1 cm³/mol. The molecule has 5 heteroatoms. The molecule has 0 amide bonds. The molecule has 0 saturated carbocycles. The summed E-state index contributed by atoms with van der Waals surface area (Å²) in [7, 11) is 0. The highest BCUT2D eigenvalue weighted by molar-refractivity contribution is 8.14. The fourth-order valence-corrected chi connectivity index (χ4v) is 3.73. The van der Waals surface area contributed by atoms with Crippen LogP contribution in [0, 0.1) is 0 Å². The number of nitrogens with zero attached hydrogens (tertiary/aromatic N) is 1. The molecule has 3 nitrogen and oxygen atoms in total. The topological polar surface area (TPSA) is 45.8 Å². The molecule has 2 heterocycles. The molecule has 0 radical (unpaired) electrons. The van der Waals surface area contributed by atoms with E-state index in [2.05, 4.69) is 28.2 Å². The number of H-pyrrole nitrogens is 1. The normalized spacial score (nSPS) is 11.2. The zero-order valence-corrected chi connectivity index (χ0v) is 12.5. The number of carbonyl (C=O) groups excluding carboxylic acids is 1. The van der Waals surface area contributed by atoms with Crippen LogP contribution in [0.2, 0.25) is 0 Å². The molecule has 4 rings (SSSR count). The van der Waals surface area contributed by atoms with E-state index in [0.29, 0.717) is 5.16 Å². The van der Waals surface area contributed by atoms with E-state index in [-0.39, 0.29) is 5.12 Å². The fourth-order valence-electron chi connectivity index (χ4n) is 2.25. The Balaban J connectivity index is 1.73. The van der Waals surface area contributed by atoms with Gasteiger partial charge < -0.3 is 4.98 Å². The summed E-state index contributed by atoms with van der Waals surface area (Å²) >= 11 is 2.59. The molecule has 0 fully saturated rings. The number of nitrogens with one attached hydrogen (secondary N) is 1. The molecular formula is C16H10N2OS2. The zero-order valence-electron chi connectivity index (χ0n) is 10.9. The quantitative estimate of drug-likeness (QED) is 0.545. The lowest BCUT2D eigenvalue weighted by Gasteiger charge is -1.95. The van der Waals surface area contributed by atoms with Crippen molar-refractivity contribution >= 4 is 50.0 Å². The number of aromatic nitrogens is 2. The van der Waals surface area contributed by atoms with E-state index < -0.39 is 0 Å². The van der Waals surface area contributed by atoms with Crippen LogP contribution in [-0.2, 0) is 0 Å². The molecular weight excluding hydrogens is 300 g/mol. The zero-order chi connectivity index (χ0) is 14.2. The van der Waals surface area contributed by atoms with Gasteiger partial charge in [-0.15, -0.1) is 11.3 Å². The molecule has 0 spiro atoms. The number of hydrogen-bond donors (Lipinski definition) is 1. The van der Waals surface area contributed by atoms with Crippen molar-refractivity contribution in [2.75, 3.05) is 0 Å². The van der Waals surface area contributed by atoms with Crippen molar-refractivity contribution in [1.82, 2.24) is 9.97 Å². The van der Waals surface area contributed by atoms with E-state index in [1.165, 1.54) is 11.3 Å². The number of hydrogen-bond acceptors (Lipinski definition) is 4. The first-order valence-electron chi connectivity index (χ1n) is 6.44. The summed E-state index contributed by atoms with van der Waals surface area (Å²) < 4.78 is 0. The Morgan fingerprint density at radius 2 is 1.90 bits per heavy atom. The van der Waals surface area contributed by atoms with Gasteiger partial charge in [0.15, 0.2) is 5.16 Å². The maximum atomic E-state index is 12.1. The van der Waals surface area contributed by atoms with E-state index in [1.54, 1.807) is 0 Å². The Kier molecular flexibility index (Phi) is 3.02. The van der Waals surface area contributed by atoms with Crippen molar-refractivity contribution in [3.8, 4) is 0 Å². The molecule has 0 aliphatic carbocycles. The third kappa shape index (κ3) is 2.34. The highest BCUT2D eigenvalue weighted by atomic mass is 32.2. The molecule has 0 saturated heterocycles. The lowest BCUT2D eigenvalue weighted by atomic mass is 10.1. The van der Waals surface area contributed by atoms with Gasteiger partial charge in [0, 0.05) is 0 Å². The highest BCUT2D eigenvalue weighted by Crippen LogP contribution is 2.27. The van der Waals surface area contributed by atoms with Crippen LogP contribution in [0.5, 0.6) is 0 Å². The molecule has 0 unspecified atom stereocenters. The van der Waals surface area contributed by atoms with Gasteiger partial charge in [-0.1, -0.05) is 30.3 Å². The van der Waals surface area contributed by atoms with Crippen LogP contribution in [0.15, 0.2) is 59.1 Å². The maximum Gasteiger partial charge on any atom is 0.236 e. The number of thioether (sulfide) groups is 1. The first kappa shape index (κ1) is 12.6. The van der Waals surface area contributed by atoms with Crippen molar-refractivity contribution in [3.63, 3.8) is 0 Å². The van der Waals surface area contributed by atoms with E-state index in [0.717, 1.165) is 38.4 Å². The second kappa shape index (κ2) is 5.02. The lowest BCUT2D eigenvalue weighted by Crippen LogP contribution is -1.89. The van der Waals surface area contributed by atoms with E-state index in [9.17, 15) is 4.79 Å². The highest BCUT2D eigenvalue weighted by Gasteiger charge is 2.12. The van der Waals surface area contributed by atoms with Crippen molar-refractivity contribution in [3.05, 3.63) is 58.8 Å². The number of imidazole rings is 1. The Bertz CT molecular complexity index is 889. The van der Waals surface area contributed by atoms with Crippen LogP contribution >= 0.6 is 23.1 Å². The summed E-state index contributed by atoms with van der Waals surface area (Å²) in [6.45, 7) is 0. The number of aromatic amines is 1. The summed E-state index contributed by atoms with van der Waals surface area (Å²) in [5.41, 5.74) is 1.84. The van der Waals surface area contributed by atoms with E-state index >= 15 is 0 Å². The molecule has 0 aliphatic rings. The van der Waals surface area contributed by atoms with Gasteiger partial charge in [-0.3, -0.25) is 4.79 Å². The van der Waals surface area contributed by atoms with Crippen LogP contribution < -0.4 is 0 Å². The summed E-state index contributed by atoms with van der Waals surface area (Å²) in [5.74, 6) is 0. The number of fused-ring (bicyclic) bond motifs is 2. The third-order valence-corrected chi connectivity index (χ3v) is 5.03. The van der Waals surface area contributed by atoms with Crippen LogP contribution in [0.25, 0.3) is 21.8 Å². The molecule has 4 aromatic rings. The van der Waals surface area contributed by atoms with Crippen molar-refractivity contribution < 1.29 is 4.79 Å². The van der Waals surface area contributed by atoms with Gasteiger partial charge in [0.2, 0.25) is 5.12 Å². The average molecular weight is 310 g/mol. The molecule has 0 bridgehead atoms. The summed E-state index contributed by atoms with van der Waals surface area (Å²) in [6.07, 6.45) is 0. The summed E-state index contributed by atoms with van der Waals surface area (Å²) in [6, 6.07) is 16.0. The Hall–Kier alpha value is -2.11. The van der Waals surface area contributed by atoms with Crippen LogP contribution in [0.3, 0.4) is 0 Å². The first-order chi connectivity index (χ1) is 10.3. The van der Waals surface area contributed by atoms with Gasteiger partial charge in [-0.05, 0) is 46.1 Å². The van der Waals surface area contributed by atoms with E-state index in [1.807, 2.05) is 35.7 Å². The fraction of sp³-hybridized carbons (Fsp3) is 0. The third-order valence-electron chi connectivity index (χ3n) is 3.24. The second-order valence-electron chi connectivity index (χ2n) is 4.63. The van der Waals surface area contributed by atoms with Crippen molar-refractivity contribution in [1.29, 1.82) is 0 Å². The molecule has 1 N–H and O–H groups in total. The van der Waals surface area contributed by atoms with Crippen LogP contribution in [0.4, 0.5) is 0 Å². The number of thiophene rings is 1. The number of benzene rings is 2. The minimum absolute atomic E-state index is 0.0219.